The largest absolute Gasteiger partial charge is 0.481 e. The molecule has 0 bridgehead atoms. The van der Waals surface area contributed by atoms with Gasteiger partial charge in [-0.3, -0.25) is 9.59 Å². The maximum Gasteiger partial charge on any atom is 0.305 e. The minimum atomic E-state index is -0.904. The van der Waals surface area contributed by atoms with Crippen LogP contribution in [0.4, 0.5) is 0 Å². The average molecular weight is 239 g/mol. The first kappa shape index (κ1) is 13.3. The van der Waals surface area contributed by atoms with Crippen LogP contribution in [0, 0.1) is 0 Å². The molecule has 0 spiro atoms. The molecule has 0 aliphatic carbocycles. The highest BCUT2D eigenvalue weighted by molar-refractivity contribution is 5.95. The summed E-state index contributed by atoms with van der Waals surface area (Å²) in [6.07, 6.45) is 2.08. The van der Waals surface area contributed by atoms with Crippen LogP contribution in [0.2, 0.25) is 0 Å². The van der Waals surface area contributed by atoms with Gasteiger partial charge in [0.2, 0.25) is 0 Å². The van der Waals surface area contributed by atoms with Crippen LogP contribution in [0.5, 0.6) is 0 Å². The van der Waals surface area contributed by atoms with Gasteiger partial charge in [0.15, 0.2) is 0 Å². The molecule has 0 atom stereocenters. The Morgan fingerprint density at radius 2 is 2.12 bits per heavy atom. The Labute approximate surface area is 100 Å². The second-order valence-electron chi connectivity index (χ2n) is 3.64. The van der Waals surface area contributed by atoms with Crippen LogP contribution in [0.1, 0.15) is 36.4 Å². The molecule has 1 aromatic rings. The van der Waals surface area contributed by atoms with Gasteiger partial charge in [0.05, 0.1) is 18.2 Å². The van der Waals surface area contributed by atoms with Gasteiger partial charge in [-0.2, -0.15) is 0 Å². The number of rotatable bonds is 6. The Morgan fingerprint density at radius 3 is 2.65 bits per heavy atom. The quantitative estimate of drug-likeness (QED) is 0.821. The van der Waals surface area contributed by atoms with Crippen molar-refractivity contribution < 1.29 is 19.1 Å². The molecular formula is C12H17NO4. The zero-order chi connectivity index (χ0) is 12.8. The molecule has 5 nitrogen and oxygen atoms in total. The Morgan fingerprint density at radius 1 is 1.41 bits per heavy atom. The molecular weight excluding hydrogens is 222 g/mol. The fourth-order valence-electron chi connectivity index (χ4n) is 1.61. The zero-order valence-electron chi connectivity index (χ0n) is 10.1. The molecule has 5 heteroatoms. The third-order valence-corrected chi connectivity index (χ3v) is 2.56. The molecule has 17 heavy (non-hydrogen) atoms. The number of carboxylic acid groups (broad SMARTS) is 1. The first-order chi connectivity index (χ1) is 8.10. The van der Waals surface area contributed by atoms with Crippen LogP contribution in [0.3, 0.4) is 0 Å². The Balaban J connectivity index is 2.75. The summed E-state index contributed by atoms with van der Waals surface area (Å²) in [7, 11) is 0. The molecule has 0 aliphatic rings. The smallest absolute Gasteiger partial charge is 0.305 e. The summed E-state index contributed by atoms with van der Waals surface area (Å²) in [6, 6.07) is 1.63. The van der Waals surface area contributed by atoms with E-state index >= 15 is 0 Å². The molecule has 1 heterocycles. The molecule has 0 fully saturated rings. The Kier molecular flexibility index (Phi) is 4.75. The summed E-state index contributed by atoms with van der Waals surface area (Å²) in [5.41, 5.74) is 0.528. The van der Waals surface area contributed by atoms with Crippen molar-refractivity contribution >= 4 is 11.9 Å². The van der Waals surface area contributed by atoms with E-state index in [4.69, 9.17) is 9.52 Å². The minimum absolute atomic E-state index is 0.0428. The molecule has 1 amide bonds. The summed E-state index contributed by atoms with van der Waals surface area (Å²) < 4.78 is 5.19. The van der Waals surface area contributed by atoms with Crippen LogP contribution >= 0.6 is 0 Å². The van der Waals surface area contributed by atoms with Crippen molar-refractivity contribution in [2.75, 3.05) is 13.1 Å². The van der Waals surface area contributed by atoms with Crippen molar-refractivity contribution in [2.24, 2.45) is 0 Å². The fraction of sp³-hybridized carbons (Fsp3) is 0.500. The third-order valence-electron chi connectivity index (χ3n) is 2.56. The van der Waals surface area contributed by atoms with E-state index in [0.717, 1.165) is 0 Å². The molecule has 1 aromatic heterocycles. The first-order valence-corrected chi connectivity index (χ1v) is 5.67. The van der Waals surface area contributed by atoms with Crippen molar-refractivity contribution in [3.63, 3.8) is 0 Å². The van der Waals surface area contributed by atoms with E-state index in [1.165, 1.54) is 11.2 Å². The van der Waals surface area contributed by atoms with E-state index in [-0.39, 0.29) is 18.9 Å². The average Bonchev–Trinajstić information content (AvgIpc) is 2.77. The standard InChI is InChI=1S/C12H17NO4/c1-3-10-9(6-8-17-10)12(16)13(4-2)7-5-11(14)15/h6,8H,3-5,7H2,1-2H3,(H,14,15). The van der Waals surface area contributed by atoms with Gasteiger partial charge in [-0.05, 0) is 13.0 Å². The number of nitrogens with zero attached hydrogens (tertiary/aromatic N) is 1. The van der Waals surface area contributed by atoms with Gasteiger partial charge in [0.25, 0.3) is 5.91 Å². The number of carbonyl (C=O) groups excluding carboxylic acids is 1. The maximum absolute atomic E-state index is 12.1. The highest BCUT2D eigenvalue weighted by atomic mass is 16.4. The summed E-state index contributed by atoms with van der Waals surface area (Å²) in [6.45, 7) is 4.44. The van der Waals surface area contributed by atoms with Crippen molar-refractivity contribution in [1.29, 1.82) is 0 Å². The normalized spacial score (nSPS) is 10.2. The summed E-state index contributed by atoms with van der Waals surface area (Å²) in [5.74, 6) is -0.428. The van der Waals surface area contributed by atoms with Crippen LogP contribution in [0.15, 0.2) is 16.7 Å². The second-order valence-corrected chi connectivity index (χ2v) is 3.64. The highest BCUT2D eigenvalue weighted by Crippen LogP contribution is 2.14. The number of amides is 1. The zero-order valence-corrected chi connectivity index (χ0v) is 10.1. The molecule has 94 valence electrons. The van der Waals surface area contributed by atoms with Crippen LogP contribution in [0.25, 0.3) is 0 Å². The summed E-state index contributed by atoms with van der Waals surface area (Å²) in [4.78, 5) is 24.1. The lowest BCUT2D eigenvalue weighted by atomic mass is 10.2. The van der Waals surface area contributed by atoms with E-state index in [1.807, 2.05) is 13.8 Å². The topological polar surface area (TPSA) is 70.8 Å². The Hall–Kier alpha value is -1.78. The summed E-state index contributed by atoms with van der Waals surface area (Å²) >= 11 is 0. The predicted molar refractivity (Wildman–Crippen MR) is 61.9 cm³/mol. The predicted octanol–water partition coefficient (Wildman–Crippen LogP) is 1.78. The van der Waals surface area contributed by atoms with Gasteiger partial charge in [0, 0.05) is 19.5 Å². The lowest BCUT2D eigenvalue weighted by molar-refractivity contribution is -0.137. The molecule has 0 aliphatic heterocycles. The number of carbonyl (C=O) groups is 2. The minimum Gasteiger partial charge on any atom is -0.481 e. The number of furan rings is 1. The molecule has 0 radical (unpaired) electrons. The van der Waals surface area contributed by atoms with E-state index in [9.17, 15) is 9.59 Å². The number of hydrogen-bond acceptors (Lipinski definition) is 3. The van der Waals surface area contributed by atoms with Gasteiger partial charge in [0.1, 0.15) is 5.76 Å². The van der Waals surface area contributed by atoms with E-state index in [1.54, 1.807) is 6.07 Å². The van der Waals surface area contributed by atoms with Gasteiger partial charge < -0.3 is 14.4 Å². The molecule has 1 N–H and O–H groups in total. The van der Waals surface area contributed by atoms with E-state index in [2.05, 4.69) is 0 Å². The van der Waals surface area contributed by atoms with Gasteiger partial charge in [-0.25, -0.2) is 0 Å². The van der Waals surface area contributed by atoms with Crippen molar-refractivity contribution in [3.05, 3.63) is 23.7 Å². The second kappa shape index (κ2) is 6.08. The van der Waals surface area contributed by atoms with Crippen molar-refractivity contribution in [3.8, 4) is 0 Å². The van der Waals surface area contributed by atoms with Crippen molar-refractivity contribution in [1.82, 2.24) is 4.90 Å². The van der Waals surface area contributed by atoms with Crippen molar-refractivity contribution in [2.45, 2.75) is 26.7 Å². The van der Waals surface area contributed by atoms with Crippen LogP contribution in [-0.4, -0.2) is 35.0 Å². The number of aliphatic carboxylic acids is 1. The van der Waals surface area contributed by atoms with Gasteiger partial charge >= 0.3 is 5.97 Å². The van der Waals surface area contributed by atoms with Crippen LogP contribution < -0.4 is 0 Å². The molecule has 0 saturated heterocycles. The lowest BCUT2D eigenvalue weighted by Gasteiger charge is -2.19. The molecule has 1 rings (SSSR count). The fourth-order valence-corrected chi connectivity index (χ4v) is 1.61. The Bertz CT molecular complexity index is 397. The molecule has 0 aromatic carbocycles. The van der Waals surface area contributed by atoms with Gasteiger partial charge in [-0.15, -0.1) is 0 Å². The number of hydrogen-bond donors (Lipinski definition) is 1. The van der Waals surface area contributed by atoms with Crippen LogP contribution in [-0.2, 0) is 11.2 Å². The monoisotopic (exact) mass is 239 g/mol. The third kappa shape index (κ3) is 3.34. The highest BCUT2D eigenvalue weighted by Gasteiger charge is 2.19. The first-order valence-electron chi connectivity index (χ1n) is 5.67. The van der Waals surface area contributed by atoms with Gasteiger partial charge in [-0.1, -0.05) is 6.92 Å². The molecule has 0 saturated carbocycles. The lowest BCUT2D eigenvalue weighted by Crippen LogP contribution is -2.33. The number of carboxylic acids is 1. The SMILES string of the molecule is CCc1occc1C(=O)N(CC)CCC(=O)O. The van der Waals surface area contributed by atoms with E-state index < -0.39 is 5.97 Å². The maximum atomic E-state index is 12.1. The van der Waals surface area contributed by atoms with E-state index in [0.29, 0.717) is 24.3 Å². The number of aryl methyl sites for hydroxylation is 1. The summed E-state index contributed by atoms with van der Waals surface area (Å²) in [5, 5.41) is 8.61. The molecule has 0 unspecified atom stereocenters.